The SMILES string of the molecule is NC(CCO)c1nc(-c2ccc[nH]2)no1. The number of aromatic nitrogens is 3. The summed E-state index contributed by atoms with van der Waals surface area (Å²) < 4.78 is 4.99. The van der Waals surface area contributed by atoms with Gasteiger partial charge in [-0.05, 0) is 18.6 Å². The minimum atomic E-state index is -0.411. The summed E-state index contributed by atoms with van der Waals surface area (Å²) in [4.78, 5) is 7.09. The maximum absolute atomic E-state index is 8.71. The Bertz CT molecular complexity index is 409. The van der Waals surface area contributed by atoms with E-state index in [1.807, 2.05) is 12.1 Å². The number of hydrogen-bond acceptors (Lipinski definition) is 5. The first-order valence-electron chi connectivity index (χ1n) is 4.65. The van der Waals surface area contributed by atoms with Crippen LogP contribution >= 0.6 is 0 Å². The normalized spacial score (nSPS) is 12.9. The summed E-state index contributed by atoms with van der Waals surface area (Å²) in [7, 11) is 0. The zero-order chi connectivity index (χ0) is 10.7. The van der Waals surface area contributed by atoms with E-state index in [1.165, 1.54) is 0 Å². The highest BCUT2D eigenvalue weighted by molar-refractivity contribution is 5.47. The lowest BCUT2D eigenvalue weighted by Gasteiger charge is -2.01. The number of nitrogens with two attached hydrogens (primary N) is 1. The topological polar surface area (TPSA) is 101 Å². The molecule has 0 aliphatic heterocycles. The molecule has 0 saturated heterocycles. The van der Waals surface area contributed by atoms with Gasteiger partial charge in [0.05, 0.1) is 11.7 Å². The van der Waals surface area contributed by atoms with Gasteiger partial charge in [0.25, 0.3) is 0 Å². The van der Waals surface area contributed by atoms with E-state index in [1.54, 1.807) is 6.20 Å². The van der Waals surface area contributed by atoms with E-state index in [2.05, 4.69) is 15.1 Å². The molecular formula is C9H12N4O2. The van der Waals surface area contributed by atoms with Gasteiger partial charge >= 0.3 is 0 Å². The monoisotopic (exact) mass is 208 g/mol. The Labute approximate surface area is 86.1 Å². The van der Waals surface area contributed by atoms with Crippen molar-refractivity contribution >= 4 is 0 Å². The van der Waals surface area contributed by atoms with Crippen molar-refractivity contribution in [3.05, 3.63) is 24.2 Å². The van der Waals surface area contributed by atoms with Gasteiger partial charge in [0.2, 0.25) is 11.7 Å². The summed E-state index contributed by atoms with van der Waals surface area (Å²) in [5.74, 6) is 0.817. The smallest absolute Gasteiger partial charge is 0.244 e. The largest absolute Gasteiger partial charge is 0.396 e. The predicted octanol–water partition coefficient (Wildman–Crippen LogP) is 0.447. The second-order valence-electron chi connectivity index (χ2n) is 3.16. The van der Waals surface area contributed by atoms with Crippen LogP contribution in [-0.2, 0) is 0 Å². The minimum absolute atomic E-state index is 0.00137. The third kappa shape index (κ3) is 2.05. The Hall–Kier alpha value is -1.66. The van der Waals surface area contributed by atoms with E-state index in [0.29, 0.717) is 18.1 Å². The summed E-state index contributed by atoms with van der Waals surface area (Å²) in [5.41, 5.74) is 6.48. The van der Waals surface area contributed by atoms with Gasteiger partial charge in [-0.1, -0.05) is 5.16 Å². The third-order valence-corrected chi connectivity index (χ3v) is 2.04. The van der Waals surface area contributed by atoms with Gasteiger partial charge < -0.3 is 20.3 Å². The van der Waals surface area contributed by atoms with E-state index < -0.39 is 6.04 Å². The quantitative estimate of drug-likeness (QED) is 0.677. The van der Waals surface area contributed by atoms with E-state index >= 15 is 0 Å². The standard InChI is InChI=1S/C9H12N4O2/c10-6(3-5-14)9-12-8(13-15-9)7-2-1-4-11-7/h1-2,4,6,11,14H,3,5,10H2. The number of H-pyrrole nitrogens is 1. The molecule has 0 bridgehead atoms. The molecule has 0 radical (unpaired) electrons. The average Bonchev–Trinajstić information content (AvgIpc) is 2.89. The maximum Gasteiger partial charge on any atom is 0.244 e. The number of aromatic amines is 1. The molecule has 0 saturated carbocycles. The van der Waals surface area contributed by atoms with Crippen LogP contribution in [0.2, 0.25) is 0 Å². The molecule has 2 aromatic rings. The minimum Gasteiger partial charge on any atom is -0.396 e. The van der Waals surface area contributed by atoms with Crippen LogP contribution in [0.15, 0.2) is 22.9 Å². The van der Waals surface area contributed by atoms with E-state index in [4.69, 9.17) is 15.4 Å². The van der Waals surface area contributed by atoms with Crippen LogP contribution in [0, 0.1) is 0 Å². The molecule has 0 aromatic carbocycles. The van der Waals surface area contributed by atoms with Gasteiger partial charge in [0, 0.05) is 12.8 Å². The number of aliphatic hydroxyl groups excluding tert-OH is 1. The molecule has 0 aliphatic carbocycles. The molecule has 4 N–H and O–H groups in total. The van der Waals surface area contributed by atoms with Gasteiger partial charge in [0.15, 0.2) is 0 Å². The van der Waals surface area contributed by atoms with Gasteiger partial charge in [-0.15, -0.1) is 0 Å². The van der Waals surface area contributed by atoms with Crippen molar-refractivity contribution in [3.8, 4) is 11.5 Å². The van der Waals surface area contributed by atoms with Crippen molar-refractivity contribution in [3.63, 3.8) is 0 Å². The molecule has 6 nitrogen and oxygen atoms in total. The molecule has 0 fully saturated rings. The zero-order valence-corrected chi connectivity index (χ0v) is 8.05. The number of nitrogens with one attached hydrogen (secondary N) is 1. The summed E-state index contributed by atoms with van der Waals surface area (Å²) in [6.07, 6.45) is 2.19. The van der Waals surface area contributed by atoms with Gasteiger partial charge in [-0.25, -0.2) is 0 Å². The van der Waals surface area contributed by atoms with Crippen LogP contribution in [0.25, 0.3) is 11.5 Å². The maximum atomic E-state index is 8.71. The first-order valence-corrected chi connectivity index (χ1v) is 4.65. The molecule has 15 heavy (non-hydrogen) atoms. The molecular weight excluding hydrogens is 196 g/mol. The Balaban J connectivity index is 2.17. The second-order valence-corrected chi connectivity index (χ2v) is 3.16. The van der Waals surface area contributed by atoms with E-state index in [9.17, 15) is 0 Å². The lowest BCUT2D eigenvalue weighted by Crippen LogP contribution is -2.12. The van der Waals surface area contributed by atoms with E-state index in [-0.39, 0.29) is 6.61 Å². The van der Waals surface area contributed by atoms with Crippen molar-refractivity contribution in [2.24, 2.45) is 5.73 Å². The lowest BCUT2D eigenvalue weighted by molar-refractivity contribution is 0.259. The Morgan fingerprint density at radius 2 is 2.47 bits per heavy atom. The summed E-state index contributed by atoms with van der Waals surface area (Å²) in [6.45, 7) is 0.00137. The number of aliphatic hydroxyl groups is 1. The summed E-state index contributed by atoms with van der Waals surface area (Å²) >= 11 is 0. The fourth-order valence-electron chi connectivity index (χ4n) is 1.23. The molecule has 6 heteroatoms. The summed E-state index contributed by atoms with van der Waals surface area (Å²) in [6, 6.07) is 3.27. The lowest BCUT2D eigenvalue weighted by atomic mass is 10.2. The Morgan fingerprint density at radius 1 is 1.60 bits per heavy atom. The van der Waals surface area contributed by atoms with Gasteiger partial charge in [0.1, 0.15) is 0 Å². The van der Waals surface area contributed by atoms with Crippen molar-refractivity contribution < 1.29 is 9.63 Å². The number of rotatable bonds is 4. The molecule has 2 rings (SSSR count). The molecule has 2 heterocycles. The third-order valence-electron chi connectivity index (χ3n) is 2.04. The molecule has 0 amide bonds. The van der Waals surface area contributed by atoms with Crippen molar-refractivity contribution in [1.29, 1.82) is 0 Å². The van der Waals surface area contributed by atoms with Crippen LogP contribution in [0.3, 0.4) is 0 Å². The van der Waals surface area contributed by atoms with Crippen molar-refractivity contribution in [2.75, 3.05) is 6.61 Å². The van der Waals surface area contributed by atoms with Crippen LogP contribution < -0.4 is 5.73 Å². The fraction of sp³-hybridized carbons (Fsp3) is 0.333. The highest BCUT2D eigenvalue weighted by atomic mass is 16.5. The highest BCUT2D eigenvalue weighted by Crippen LogP contribution is 2.16. The number of nitrogens with zero attached hydrogens (tertiary/aromatic N) is 2. The zero-order valence-electron chi connectivity index (χ0n) is 8.05. The van der Waals surface area contributed by atoms with Crippen LogP contribution in [0.5, 0.6) is 0 Å². The van der Waals surface area contributed by atoms with Crippen molar-refractivity contribution in [2.45, 2.75) is 12.5 Å². The Kier molecular flexibility index (Phi) is 2.79. The van der Waals surface area contributed by atoms with Crippen LogP contribution in [0.4, 0.5) is 0 Å². The molecule has 0 aliphatic rings. The number of hydrogen-bond donors (Lipinski definition) is 3. The molecule has 80 valence electrons. The first-order chi connectivity index (χ1) is 7.31. The highest BCUT2D eigenvalue weighted by Gasteiger charge is 2.15. The van der Waals surface area contributed by atoms with Crippen LogP contribution in [0.1, 0.15) is 18.4 Å². The fourth-order valence-corrected chi connectivity index (χ4v) is 1.23. The molecule has 2 aromatic heterocycles. The molecule has 0 spiro atoms. The Morgan fingerprint density at radius 3 is 3.13 bits per heavy atom. The second kappa shape index (κ2) is 4.24. The predicted molar refractivity (Wildman–Crippen MR) is 52.7 cm³/mol. The van der Waals surface area contributed by atoms with Crippen molar-refractivity contribution in [1.82, 2.24) is 15.1 Å². The summed E-state index contributed by atoms with van der Waals surface area (Å²) in [5, 5.41) is 12.5. The average molecular weight is 208 g/mol. The molecule has 1 atom stereocenters. The molecule has 1 unspecified atom stereocenters. The van der Waals surface area contributed by atoms with Crippen LogP contribution in [-0.4, -0.2) is 26.8 Å². The van der Waals surface area contributed by atoms with Gasteiger partial charge in [-0.2, -0.15) is 4.98 Å². The van der Waals surface area contributed by atoms with E-state index in [0.717, 1.165) is 5.69 Å². The van der Waals surface area contributed by atoms with Gasteiger partial charge in [-0.3, -0.25) is 0 Å². The first kappa shape index (κ1) is 9.88.